The molecule has 0 unspecified atom stereocenters. The van der Waals surface area contributed by atoms with Crippen LogP contribution in [0.1, 0.15) is 107 Å². The van der Waals surface area contributed by atoms with Gasteiger partial charge in [0.1, 0.15) is 91.6 Å². The van der Waals surface area contributed by atoms with Crippen molar-refractivity contribution in [3.63, 3.8) is 0 Å². The third kappa shape index (κ3) is 10.6. The summed E-state index contributed by atoms with van der Waals surface area (Å²) in [5.41, 5.74) is -3.58. The third-order valence-electron chi connectivity index (χ3n) is 22.2. The Labute approximate surface area is 487 Å². The van der Waals surface area contributed by atoms with Gasteiger partial charge < -0.3 is 119 Å². The molecule has 0 aromatic heterocycles. The number of rotatable bonds is 14. The highest BCUT2D eigenvalue weighted by Gasteiger charge is 2.75. The van der Waals surface area contributed by atoms with Crippen molar-refractivity contribution >= 4 is 11.9 Å². The first-order valence-electron chi connectivity index (χ1n) is 29.5. The van der Waals surface area contributed by atoms with Gasteiger partial charge in [-0.05, 0) is 98.2 Å². The van der Waals surface area contributed by atoms with Crippen molar-refractivity contribution in [2.24, 2.45) is 50.2 Å². The number of allylic oxidation sites excluding steroid dienone is 2. The lowest BCUT2D eigenvalue weighted by atomic mass is 9.32. The SMILES string of the molecule is C/C=C(\C)C(=O)O[C@H]1CC(C)(C)C[C@H]2C3=CC[C@@H]4[C@@]5(C)CC[C@H](O[C@@H]6O[C@H](C(=O)O)[C@@H](O)[C@H](O[C@@H]7O[C@H](CO)[C@@H](O)[C@H](O)[C@H]7O[C@@H]7OC[C@@H](O)[C@H](O)[C@H]7O)[C@H]6O[C@@H]6O[C@H](CO)[C@@H](O)[C@H](O)[C@H]6O)C(C)(C)[C@@H]5CC[C@@]4(C)[C@]3(C)[C@@H](O)[C@@H](O)[C@@]12CO. The van der Waals surface area contributed by atoms with E-state index in [0.717, 1.165) is 5.57 Å². The van der Waals surface area contributed by atoms with E-state index in [0.29, 0.717) is 44.1 Å². The summed E-state index contributed by atoms with van der Waals surface area (Å²) in [4.78, 5) is 26.6. The number of fused-ring (bicyclic) bond motifs is 7. The first kappa shape index (κ1) is 66.0. The molecule has 9 rings (SSSR count). The van der Waals surface area contributed by atoms with Crippen LogP contribution in [0.25, 0.3) is 0 Å². The zero-order chi connectivity index (χ0) is 61.9. The number of aliphatic hydroxyl groups excluding tert-OH is 14. The Morgan fingerprint density at radius 2 is 1.23 bits per heavy atom. The van der Waals surface area contributed by atoms with Gasteiger partial charge >= 0.3 is 11.9 Å². The second-order valence-corrected chi connectivity index (χ2v) is 27.5. The Hall–Kier alpha value is -2.46. The number of carbonyl (C=O) groups is 2. The molecule has 30 atom stereocenters. The Morgan fingerprint density at radius 3 is 1.85 bits per heavy atom. The average molecular weight is 1210 g/mol. The number of aliphatic carboxylic acids is 1. The van der Waals surface area contributed by atoms with Crippen molar-refractivity contribution < 1.29 is 129 Å². The van der Waals surface area contributed by atoms with Gasteiger partial charge in [-0.1, -0.05) is 66.2 Å². The molecule has 4 heterocycles. The second kappa shape index (κ2) is 24.1. The lowest BCUT2D eigenvalue weighted by molar-refractivity contribution is -0.405. The molecule has 0 aromatic carbocycles. The van der Waals surface area contributed by atoms with E-state index in [2.05, 4.69) is 33.8 Å². The molecule has 4 saturated carbocycles. The molecule has 0 amide bonds. The molecule has 0 radical (unpaired) electrons. The molecule has 9 aliphatic rings. The van der Waals surface area contributed by atoms with E-state index in [4.69, 9.17) is 42.6 Å². The number of ether oxygens (including phenoxy) is 9. The highest BCUT2D eigenvalue weighted by molar-refractivity contribution is 5.87. The lowest BCUT2D eigenvalue weighted by Crippen LogP contribution is -2.74. The number of hydrogen-bond acceptors (Lipinski definition) is 25. The minimum atomic E-state index is -2.28. The van der Waals surface area contributed by atoms with Crippen LogP contribution in [0.2, 0.25) is 0 Å². The Morgan fingerprint density at radius 1 is 0.631 bits per heavy atom. The van der Waals surface area contributed by atoms with Crippen molar-refractivity contribution in [2.45, 2.75) is 248 Å². The molecule has 8 fully saturated rings. The van der Waals surface area contributed by atoms with E-state index in [1.807, 2.05) is 20.8 Å². The average Bonchev–Trinajstić information content (AvgIpc) is 0.680. The summed E-state index contributed by atoms with van der Waals surface area (Å²) in [6, 6.07) is 0. The molecular weight excluding hydrogens is 1110 g/mol. The molecule has 4 saturated heterocycles. The van der Waals surface area contributed by atoms with Crippen LogP contribution in [0.3, 0.4) is 0 Å². The lowest BCUT2D eigenvalue weighted by Gasteiger charge is -2.73. The molecule has 15 N–H and O–H groups in total. The Kier molecular flexibility index (Phi) is 18.9. The normalized spacial score (nSPS) is 51.9. The van der Waals surface area contributed by atoms with E-state index < -0.39 is 218 Å². The highest BCUT2D eigenvalue weighted by Crippen LogP contribution is 2.76. The van der Waals surface area contributed by atoms with Crippen LogP contribution in [-0.4, -0.2) is 256 Å². The fraction of sp³-hybridized carbons (Fsp3) is 0.897. The van der Waals surface area contributed by atoms with Crippen LogP contribution in [-0.2, 0) is 52.2 Å². The van der Waals surface area contributed by atoms with Crippen molar-refractivity contribution in [1.82, 2.24) is 0 Å². The summed E-state index contributed by atoms with van der Waals surface area (Å²) in [5, 5.41) is 167. The van der Waals surface area contributed by atoms with Gasteiger partial charge in [0.25, 0.3) is 0 Å². The van der Waals surface area contributed by atoms with Gasteiger partial charge in [-0.15, -0.1) is 0 Å². The zero-order valence-electron chi connectivity index (χ0n) is 49.1. The first-order chi connectivity index (χ1) is 39.2. The number of carboxylic acid groups (broad SMARTS) is 1. The minimum absolute atomic E-state index is 0.128. The molecule has 26 nitrogen and oxygen atoms in total. The summed E-state index contributed by atoms with van der Waals surface area (Å²) in [6.07, 6.45) is -34.3. The van der Waals surface area contributed by atoms with Crippen LogP contribution >= 0.6 is 0 Å². The molecule has 5 aliphatic carbocycles. The largest absolute Gasteiger partial charge is 0.479 e. The van der Waals surface area contributed by atoms with Gasteiger partial charge in [0, 0.05) is 11.0 Å². The van der Waals surface area contributed by atoms with Crippen molar-refractivity contribution in [2.75, 3.05) is 26.4 Å². The van der Waals surface area contributed by atoms with Gasteiger partial charge in [0.15, 0.2) is 31.3 Å². The summed E-state index contributed by atoms with van der Waals surface area (Å²) in [5.74, 6) is -3.07. The molecule has 0 aromatic rings. The quantitative estimate of drug-likeness (QED) is 0.0373. The van der Waals surface area contributed by atoms with Crippen LogP contribution in [0.4, 0.5) is 0 Å². The van der Waals surface area contributed by atoms with Crippen LogP contribution < -0.4 is 0 Å². The maximum absolute atomic E-state index is 13.5. The maximum atomic E-state index is 13.5. The predicted molar refractivity (Wildman–Crippen MR) is 285 cm³/mol. The van der Waals surface area contributed by atoms with Crippen molar-refractivity contribution in [3.05, 3.63) is 23.3 Å². The second-order valence-electron chi connectivity index (χ2n) is 27.5. The van der Waals surface area contributed by atoms with Crippen LogP contribution in [0, 0.1) is 50.2 Å². The third-order valence-corrected chi connectivity index (χ3v) is 22.2. The summed E-state index contributed by atoms with van der Waals surface area (Å²) in [7, 11) is 0. The monoisotopic (exact) mass is 1200 g/mol. The zero-order valence-corrected chi connectivity index (χ0v) is 49.1. The van der Waals surface area contributed by atoms with Crippen molar-refractivity contribution in [1.29, 1.82) is 0 Å². The fourth-order valence-electron chi connectivity index (χ4n) is 17.1. The van der Waals surface area contributed by atoms with Crippen molar-refractivity contribution in [3.8, 4) is 0 Å². The van der Waals surface area contributed by atoms with Crippen LogP contribution in [0.5, 0.6) is 0 Å². The van der Waals surface area contributed by atoms with E-state index in [1.165, 1.54) is 0 Å². The number of esters is 1. The van der Waals surface area contributed by atoms with Gasteiger partial charge in [-0.3, -0.25) is 0 Å². The molecule has 4 aliphatic heterocycles. The van der Waals surface area contributed by atoms with Gasteiger partial charge in [-0.25, -0.2) is 9.59 Å². The summed E-state index contributed by atoms with van der Waals surface area (Å²) >= 11 is 0. The number of carbonyl (C=O) groups excluding carboxylic acids is 1. The topological polar surface area (TPSA) is 421 Å². The Bertz CT molecular complexity index is 2420. The predicted octanol–water partition coefficient (Wildman–Crippen LogP) is -2.40. The van der Waals surface area contributed by atoms with Crippen LogP contribution in [0.15, 0.2) is 23.3 Å². The number of hydrogen-bond donors (Lipinski definition) is 15. The first-order valence-corrected chi connectivity index (χ1v) is 29.5. The number of aliphatic hydroxyl groups is 14. The summed E-state index contributed by atoms with van der Waals surface area (Å²) < 4.78 is 54.9. The smallest absolute Gasteiger partial charge is 0.335 e. The van der Waals surface area contributed by atoms with E-state index in [-0.39, 0.29) is 18.3 Å². The minimum Gasteiger partial charge on any atom is -0.479 e. The standard InChI is InChI=1S/C58H92O26/c1-10-23(2)48(75)79-32-18-53(3,4)17-25-24-11-12-30-55(7)15-14-31(54(5,6)29(55)13-16-56(30,8)57(24,9)45(71)46(72)58(25,32)22-61)80-52-44(84-50-39(69)36(66)34(64)27(19-59)77-50)41(40(70)42(82-52)47(73)74)81-51-43(37(67)35(65)28(20-60)78-51)83-49-38(68)33(63)26(62)21-76-49/h10-11,25-46,49-52,59-72H,12-22H2,1-9H3,(H,73,74)/b23-10+/t25-,26+,27+,28+,29-,30+,31-,32-,33-,34+,35+,36-,37-,38+,39+,40-,41-,42-,43+,44+,45-,46+,49-,50-,51-,52+,55-,56+,57-,58+/m0/s1. The van der Waals surface area contributed by atoms with E-state index in [1.54, 1.807) is 19.9 Å². The van der Waals surface area contributed by atoms with E-state index >= 15 is 0 Å². The van der Waals surface area contributed by atoms with Gasteiger partial charge in [0.2, 0.25) is 0 Å². The molecule has 0 bridgehead atoms. The Balaban J connectivity index is 1.05. The molecule has 480 valence electrons. The number of carboxylic acids is 1. The highest BCUT2D eigenvalue weighted by atomic mass is 16.8. The van der Waals surface area contributed by atoms with Gasteiger partial charge in [-0.2, -0.15) is 0 Å². The van der Waals surface area contributed by atoms with Gasteiger partial charge in [0.05, 0.1) is 50.2 Å². The summed E-state index contributed by atoms with van der Waals surface area (Å²) in [6.45, 7) is 15.0. The molecule has 26 heteroatoms. The maximum Gasteiger partial charge on any atom is 0.335 e. The molecule has 0 spiro atoms. The van der Waals surface area contributed by atoms with E-state index in [9.17, 15) is 86.2 Å². The molecule has 84 heavy (non-hydrogen) atoms. The molecular formula is C58H92O26. The fourth-order valence-corrected chi connectivity index (χ4v) is 17.1.